The summed E-state index contributed by atoms with van der Waals surface area (Å²) < 4.78 is 40.2. The van der Waals surface area contributed by atoms with Gasteiger partial charge in [-0.15, -0.1) is 0 Å². The molecule has 1 aromatic carbocycles. The van der Waals surface area contributed by atoms with E-state index in [2.05, 4.69) is 20.3 Å². The van der Waals surface area contributed by atoms with Crippen molar-refractivity contribution < 1.29 is 18.3 Å². The summed E-state index contributed by atoms with van der Waals surface area (Å²) in [6, 6.07) is 6.30. The van der Waals surface area contributed by atoms with Crippen molar-refractivity contribution in [3.63, 3.8) is 0 Å². The number of anilines is 2. The number of hydrogen-bond acceptors (Lipinski definition) is 8. The third-order valence-electron chi connectivity index (χ3n) is 6.39. The van der Waals surface area contributed by atoms with E-state index in [9.17, 15) is 4.39 Å². The van der Waals surface area contributed by atoms with Gasteiger partial charge in [-0.25, -0.2) is 18.7 Å². The fourth-order valence-corrected chi connectivity index (χ4v) is 6.19. The van der Waals surface area contributed by atoms with E-state index in [1.165, 1.54) is 11.8 Å². The molecule has 0 amide bonds. The summed E-state index contributed by atoms with van der Waals surface area (Å²) in [5.41, 5.74) is 6.16. The Morgan fingerprint density at radius 2 is 2.06 bits per heavy atom. The fourth-order valence-electron chi connectivity index (χ4n) is 4.74. The van der Waals surface area contributed by atoms with E-state index in [0.29, 0.717) is 34.5 Å². The first-order valence-electron chi connectivity index (χ1n) is 10.4. The van der Waals surface area contributed by atoms with Crippen LogP contribution in [0.1, 0.15) is 18.9 Å². The lowest BCUT2D eigenvalue weighted by molar-refractivity contribution is 0.184. The summed E-state index contributed by atoms with van der Waals surface area (Å²) in [5, 5.41) is 4.23. The summed E-state index contributed by atoms with van der Waals surface area (Å²) in [7, 11) is 3.18. The molecular formula is C23H23F2N5O2S. The molecule has 1 aliphatic carbocycles. The van der Waals surface area contributed by atoms with Crippen molar-refractivity contribution in [3.8, 4) is 5.75 Å². The molecule has 172 valence electrons. The van der Waals surface area contributed by atoms with Gasteiger partial charge in [0.2, 0.25) is 0 Å². The summed E-state index contributed by atoms with van der Waals surface area (Å²) in [5.74, 6) is -0.914. The first-order chi connectivity index (χ1) is 15.8. The second-order valence-corrected chi connectivity index (χ2v) is 9.94. The predicted molar refractivity (Wildman–Crippen MR) is 125 cm³/mol. The van der Waals surface area contributed by atoms with E-state index in [1.807, 2.05) is 6.07 Å². The van der Waals surface area contributed by atoms with Crippen LogP contribution < -0.4 is 15.8 Å². The normalized spacial score (nSPS) is 26.0. The first kappa shape index (κ1) is 21.8. The van der Waals surface area contributed by atoms with Crippen LogP contribution in [0.15, 0.2) is 41.7 Å². The van der Waals surface area contributed by atoms with E-state index in [1.54, 1.807) is 45.7 Å². The average molecular weight is 472 g/mol. The van der Waals surface area contributed by atoms with Crippen molar-refractivity contribution >= 4 is 39.3 Å². The molecule has 1 saturated carbocycles. The van der Waals surface area contributed by atoms with Crippen LogP contribution in [0.5, 0.6) is 5.75 Å². The second kappa shape index (κ2) is 7.81. The van der Waals surface area contributed by atoms with Crippen LogP contribution in [0.2, 0.25) is 0 Å². The zero-order valence-corrected chi connectivity index (χ0v) is 19.2. The van der Waals surface area contributed by atoms with E-state index in [0.717, 1.165) is 17.9 Å². The zero-order chi connectivity index (χ0) is 23.4. The summed E-state index contributed by atoms with van der Waals surface area (Å²) in [6.07, 6.45) is 3.94. The molecule has 33 heavy (non-hydrogen) atoms. The molecule has 10 heteroatoms. The molecule has 2 aromatic heterocycles. The van der Waals surface area contributed by atoms with Gasteiger partial charge in [-0.3, -0.25) is 4.99 Å². The van der Waals surface area contributed by atoms with Crippen LogP contribution in [0.25, 0.3) is 10.9 Å². The number of fused-ring (bicyclic) bond motifs is 2. The highest BCUT2D eigenvalue weighted by molar-refractivity contribution is 8.15. The highest BCUT2D eigenvalue weighted by atomic mass is 32.2. The first-order valence-corrected chi connectivity index (χ1v) is 11.2. The van der Waals surface area contributed by atoms with Gasteiger partial charge in [-0.2, -0.15) is 0 Å². The van der Waals surface area contributed by atoms with Gasteiger partial charge in [0.25, 0.3) is 0 Å². The highest BCUT2D eigenvalue weighted by Crippen LogP contribution is 2.66. The monoisotopic (exact) mass is 471 g/mol. The van der Waals surface area contributed by atoms with Crippen LogP contribution in [0.3, 0.4) is 0 Å². The number of halogens is 2. The van der Waals surface area contributed by atoms with Crippen molar-refractivity contribution in [3.05, 3.63) is 53.9 Å². The molecule has 0 bridgehead atoms. The minimum Gasteiger partial charge on any atom is -0.495 e. The third-order valence-corrected chi connectivity index (χ3v) is 7.66. The Labute approximate surface area is 193 Å². The summed E-state index contributed by atoms with van der Waals surface area (Å²) in [6.45, 7) is 2.26. The third kappa shape index (κ3) is 3.57. The molecule has 0 saturated heterocycles. The molecule has 0 unspecified atom stereocenters. The lowest BCUT2D eigenvalue weighted by Gasteiger charge is -2.34. The molecule has 0 spiro atoms. The Morgan fingerprint density at radius 1 is 1.24 bits per heavy atom. The van der Waals surface area contributed by atoms with Crippen molar-refractivity contribution in [2.24, 2.45) is 16.6 Å². The van der Waals surface area contributed by atoms with Crippen molar-refractivity contribution in [1.29, 1.82) is 0 Å². The Kier molecular flexibility index (Phi) is 5.17. The summed E-state index contributed by atoms with van der Waals surface area (Å²) in [4.78, 5) is 13.3. The van der Waals surface area contributed by atoms with Crippen LogP contribution >= 0.6 is 11.8 Å². The largest absolute Gasteiger partial charge is 0.495 e. The van der Waals surface area contributed by atoms with Gasteiger partial charge >= 0.3 is 0 Å². The van der Waals surface area contributed by atoms with Crippen LogP contribution in [0, 0.1) is 17.6 Å². The SMILES string of the molecule is COC[C@]12C[C@H]1[C@@](C)(c1cc(Nc3nccc4cc(OC)cnc34)cc(F)c1F)N=C(N)S2. The van der Waals surface area contributed by atoms with Gasteiger partial charge in [0.1, 0.15) is 11.3 Å². The molecule has 7 nitrogen and oxygen atoms in total. The molecular weight excluding hydrogens is 448 g/mol. The number of rotatable bonds is 6. The number of methoxy groups -OCH3 is 2. The standard InChI is InChI=1S/C23H23F2N5O2S/c1-22(17-9-23(17,11-31-2)33-21(26)30-22)15-7-13(8-16(24)18(15)25)29-20-19-12(4-5-27-20)6-14(32-3)10-28-19/h4-8,10,17H,9,11H2,1-3H3,(H2,26,30)(H,27,29)/t17-,22+,23+/m0/s1. The van der Waals surface area contributed by atoms with Crippen LogP contribution in [0.4, 0.5) is 20.3 Å². The smallest absolute Gasteiger partial charge is 0.164 e. The number of hydrogen-bond donors (Lipinski definition) is 2. The number of thioether (sulfide) groups is 1. The molecule has 1 fully saturated rings. The Balaban J connectivity index is 1.56. The quantitative estimate of drug-likeness (QED) is 0.552. The van der Waals surface area contributed by atoms with Crippen molar-refractivity contribution in [2.45, 2.75) is 23.6 Å². The molecule has 2 aliphatic rings. The molecule has 1 aliphatic heterocycles. The number of nitrogens with one attached hydrogen (secondary N) is 1. The second-order valence-electron chi connectivity index (χ2n) is 8.51. The van der Waals surface area contributed by atoms with E-state index in [-0.39, 0.29) is 16.2 Å². The Hall–Kier alpha value is -2.98. The number of aliphatic imine (C=N–C) groups is 1. The van der Waals surface area contributed by atoms with Crippen molar-refractivity contribution in [2.75, 3.05) is 26.1 Å². The molecule has 0 radical (unpaired) electrons. The number of benzene rings is 1. The minimum absolute atomic E-state index is 0.0313. The average Bonchev–Trinajstić information content (AvgIpc) is 3.50. The van der Waals surface area contributed by atoms with Gasteiger partial charge in [0, 0.05) is 41.9 Å². The fraction of sp³-hybridized carbons (Fsp3) is 0.348. The van der Waals surface area contributed by atoms with E-state index >= 15 is 4.39 Å². The van der Waals surface area contributed by atoms with Gasteiger partial charge in [0.15, 0.2) is 22.6 Å². The number of ether oxygens (including phenoxy) is 2. The zero-order valence-electron chi connectivity index (χ0n) is 18.4. The van der Waals surface area contributed by atoms with Gasteiger partial charge in [-0.05, 0) is 31.5 Å². The molecule has 3 atom stereocenters. The Morgan fingerprint density at radius 3 is 2.82 bits per heavy atom. The van der Waals surface area contributed by atoms with E-state index in [4.69, 9.17) is 15.2 Å². The molecule has 3 N–H and O–H groups in total. The minimum atomic E-state index is -1.02. The number of aromatic nitrogens is 2. The molecule has 3 aromatic rings. The molecule has 5 rings (SSSR count). The van der Waals surface area contributed by atoms with Gasteiger partial charge in [-0.1, -0.05) is 11.8 Å². The number of nitrogens with zero attached hydrogens (tertiary/aromatic N) is 3. The summed E-state index contributed by atoms with van der Waals surface area (Å²) >= 11 is 1.45. The van der Waals surface area contributed by atoms with Crippen LogP contribution in [-0.2, 0) is 10.3 Å². The Bertz CT molecular complexity index is 1290. The van der Waals surface area contributed by atoms with Gasteiger partial charge < -0.3 is 20.5 Å². The van der Waals surface area contributed by atoms with Crippen LogP contribution in [-0.4, -0.2) is 40.7 Å². The maximum Gasteiger partial charge on any atom is 0.164 e. The maximum absolute atomic E-state index is 15.1. The highest BCUT2D eigenvalue weighted by Gasteiger charge is 2.66. The predicted octanol–water partition coefficient (Wildman–Crippen LogP) is 4.34. The number of pyridine rings is 2. The van der Waals surface area contributed by atoms with Crippen molar-refractivity contribution in [1.82, 2.24) is 9.97 Å². The lowest BCUT2D eigenvalue weighted by Crippen LogP contribution is -2.37. The topological polar surface area (TPSA) is 94.6 Å². The van der Waals surface area contributed by atoms with Gasteiger partial charge in [0.05, 0.1) is 30.2 Å². The maximum atomic E-state index is 15.1. The molecule has 3 heterocycles. The number of amidine groups is 1. The number of nitrogens with two attached hydrogens (primary N) is 1. The lowest BCUT2D eigenvalue weighted by atomic mass is 9.85. The van der Waals surface area contributed by atoms with E-state index < -0.39 is 17.2 Å².